The monoisotopic (exact) mass is 405 g/mol. The van der Waals surface area contributed by atoms with Gasteiger partial charge in [0, 0.05) is 22.5 Å². The fourth-order valence-electron chi connectivity index (χ4n) is 8.57. The van der Waals surface area contributed by atoms with E-state index in [1.165, 1.54) is 41.3 Å². The van der Waals surface area contributed by atoms with Crippen LogP contribution in [0.4, 0.5) is 0 Å². The predicted molar refractivity (Wildman–Crippen MR) is 125 cm³/mol. The molecule has 1 heterocycles. The van der Waals surface area contributed by atoms with Crippen molar-refractivity contribution in [2.24, 2.45) is 34.5 Å². The molecule has 162 valence electrons. The molecule has 0 saturated heterocycles. The number of rotatable bonds is 2. The molecule has 8 atom stereocenters. The molecule has 2 N–H and O–H groups in total. The van der Waals surface area contributed by atoms with Crippen molar-refractivity contribution in [2.45, 2.75) is 78.2 Å². The highest BCUT2D eigenvalue weighted by Crippen LogP contribution is 2.72. The average Bonchev–Trinajstić information content (AvgIpc) is 3.16. The molecular weight excluding hydrogens is 366 g/mol. The van der Waals surface area contributed by atoms with Crippen LogP contribution in [0.15, 0.2) is 42.6 Å². The molecular formula is C28H39NO. The Balaban J connectivity index is 1.74. The molecule has 30 heavy (non-hydrogen) atoms. The van der Waals surface area contributed by atoms with Crippen LogP contribution >= 0.6 is 0 Å². The number of allylic oxidation sites excluding steroid dienone is 1. The van der Waals surface area contributed by atoms with Crippen LogP contribution in [0, 0.1) is 34.5 Å². The summed E-state index contributed by atoms with van der Waals surface area (Å²) in [7, 11) is 0. The van der Waals surface area contributed by atoms with Gasteiger partial charge in [0.25, 0.3) is 0 Å². The summed E-state index contributed by atoms with van der Waals surface area (Å²) in [5.41, 5.74) is 4.27. The van der Waals surface area contributed by atoms with Gasteiger partial charge in [-0.3, -0.25) is 0 Å². The van der Waals surface area contributed by atoms with Crippen molar-refractivity contribution < 1.29 is 5.11 Å². The minimum absolute atomic E-state index is 0.0251. The summed E-state index contributed by atoms with van der Waals surface area (Å²) in [4.78, 5) is 3.56. The second-order valence-corrected chi connectivity index (χ2v) is 11.3. The molecule has 0 unspecified atom stereocenters. The Kier molecular flexibility index (Phi) is 4.74. The standard InChI is InChI=1S/C28H39NO/c1-17(2)20-13-15-28-24(30)11-10-19(4)27(28,5)14-12-18(3)26(28)25(20)22-16-29-23-9-7-6-8-21(22)23/h6-9,16,18-20,24-26,29-30H,1,10-15H2,2-5H3/t18-,19-,20+,24+,25-,26+,27+,28-/m0/s1. The molecule has 1 aromatic carbocycles. The number of hydrogen-bond acceptors (Lipinski definition) is 1. The third-order valence-corrected chi connectivity index (χ3v) is 10.2. The first kappa shape index (κ1) is 20.4. The summed E-state index contributed by atoms with van der Waals surface area (Å²) in [5, 5.41) is 13.1. The summed E-state index contributed by atoms with van der Waals surface area (Å²) in [6.45, 7) is 14.2. The van der Waals surface area contributed by atoms with Crippen LogP contribution in [-0.4, -0.2) is 16.2 Å². The highest BCUT2D eigenvalue weighted by molar-refractivity contribution is 5.83. The van der Waals surface area contributed by atoms with Gasteiger partial charge in [0.2, 0.25) is 0 Å². The smallest absolute Gasteiger partial charge is 0.0604 e. The highest BCUT2D eigenvalue weighted by atomic mass is 16.3. The zero-order valence-electron chi connectivity index (χ0n) is 19.2. The highest BCUT2D eigenvalue weighted by Gasteiger charge is 2.67. The number of benzene rings is 1. The van der Waals surface area contributed by atoms with E-state index in [2.05, 4.69) is 69.7 Å². The Labute approximate surface area is 182 Å². The first-order valence-electron chi connectivity index (χ1n) is 12.2. The van der Waals surface area contributed by atoms with E-state index in [1.807, 2.05) is 0 Å². The van der Waals surface area contributed by atoms with E-state index in [0.29, 0.717) is 29.6 Å². The second kappa shape index (κ2) is 6.99. The lowest BCUT2D eigenvalue weighted by atomic mass is 9.35. The number of aromatic nitrogens is 1. The number of aliphatic hydroxyl groups excluding tert-OH is 1. The first-order chi connectivity index (χ1) is 14.3. The molecule has 0 bridgehead atoms. The lowest BCUT2D eigenvalue weighted by Crippen LogP contribution is -2.65. The zero-order valence-corrected chi connectivity index (χ0v) is 19.2. The number of nitrogens with one attached hydrogen (secondary N) is 1. The SMILES string of the molecule is C=C(C)[C@H]1CC[C@]23[C@@H]([C@@H]1c1c[nH]c4ccccc14)[C@@H](C)CC[C@]2(C)[C@@H](C)CC[C@H]3O. The second-order valence-electron chi connectivity index (χ2n) is 11.3. The van der Waals surface area contributed by atoms with Crippen molar-refractivity contribution in [1.29, 1.82) is 0 Å². The van der Waals surface area contributed by atoms with Gasteiger partial charge in [-0.1, -0.05) is 51.1 Å². The largest absolute Gasteiger partial charge is 0.393 e. The van der Waals surface area contributed by atoms with E-state index in [-0.39, 0.29) is 16.9 Å². The summed E-state index contributed by atoms with van der Waals surface area (Å²) in [6, 6.07) is 8.76. The van der Waals surface area contributed by atoms with Gasteiger partial charge in [0.1, 0.15) is 0 Å². The van der Waals surface area contributed by atoms with Crippen LogP contribution in [0.5, 0.6) is 0 Å². The minimum atomic E-state index is -0.176. The molecule has 3 fully saturated rings. The molecule has 1 spiro atoms. The van der Waals surface area contributed by atoms with E-state index >= 15 is 0 Å². The molecule has 2 nitrogen and oxygen atoms in total. The summed E-state index contributed by atoms with van der Waals surface area (Å²) < 4.78 is 0. The van der Waals surface area contributed by atoms with E-state index < -0.39 is 0 Å². The Morgan fingerprint density at radius 1 is 1.10 bits per heavy atom. The molecule has 2 heteroatoms. The molecule has 3 aliphatic carbocycles. The van der Waals surface area contributed by atoms with Crippen LogP contribution in [0.25, 0.3) is 10.9 Å². The summed E-state index contributed by atoms with van der Waals surface area (Å²) >= 11 is 0. The van der Waals surface area contributed by atoms with Crippen molar-refractivity contribution in [2.75, 3.05) is 0 Å². The molecule has 2 aromatic rings. The molecule has 1 aromatic heterocycles. The summed E-state index contributed by atoms with van der Waals surface area (Å²) in [6.07, 6.45) is 9.10. The van der Waals surface area contributed by atoms with Gasteiger partial charge in [0.05, 0.1) is 6.10 Å². The van der Waals surface area contributed by atoms with E-state index in [0.717, 1.165) is 19.3 Å². The first-order valence-corrected chi connectivity index (χ1v) is 12.2. The third kappa shape index (κ3) is 2.52. The topological polar surface area (TPSA) is 36.0 Å². The maximum atomic E-state index is 11.7. The molecule has 5 rings (SSSR count). The molecule has 0 radical (unpaired) electrons. The van der Waals surface area contributed by atoms with Gasteiger partial charge in [-0.2, -0.15) is 0 Å². The molecule has 0 aliphatic heterocycles. The zero-order chi connectivity index (χ0) is 21.3. The van der Waals surface area contributed by atoms with Gasteiger partial charge in [-0.25, -0.2) is 0 Å². The Morgan fingerprint density at radius 2 is 1.87 bits per heavy atom. The van der Waals surface area contributed by atoms with Crippen LogP contribution in [0.3, 0.4) is 0 Å². The van der Waals surface area contributed by atoms with Crippen LogP contribution in [0.1, 0.15) is 77.7 Å². The van der Waals surface area contributed by atoms with Crippen molar-refractivity contribution in [3.63, 3.8) is 0 Å². The number of aromatic amines is 1. The Hall–Kier alpha value is -1.54. The fourth-order valence-corrected chi connectivity index (χ4v) is 8.57. The molecule has 0 amide bonds. The van der Waals surface area contributed by atoms with Gasteiger partial charge >= 0.3 is 0 Å². The predicted octanol–water partition coefficient (Wildman–Crippen LogP) is 7.07. The lowest BCUT2D eigenvalue weighted by Gasteiger charge is -2.69. The van der Waals surface area contributed by atoms with Gasteiger partial charge < -0.3 is 10.1 Å². The maximum absolute atomic E-state index is 11.7. The average molecular weight is 406 g/mol. The van der Waals surface area contributed by atoms with Gasteiger partial charge in [-0.05, 0) is 92.1 Å². The van der Waals surface area contributed by atoms with Crippen LogP contribution < -0.4 is 0 Å². The fraction of sp³-hybridized carbons (Fsp3) is 0.643. The van der Waals surface area contributed by atoms with Gasteiger partial charge in [0.15, 0.2) is 0 Å². The summed E-state index contributed by atoms with van der Waals surface area (Å²) in [5.74, 6) is 2.74. The molecule has 3 aliphatic rings. The van der Waals surface area contributed by atoms with Crippen LogP contribution in [0.2, 0.25) is 0 Å². The maximum Gasteiger partial charge on any atom is 0.0604 e. The normalized spacial score (nSPS) is 43.8. The van der Waals surface area contributed by atoms with Crippen molar-refractivity contribution in [3.8, 4) is 0 Å². The molecule has 3 saturated carbocycles. The number of fused-ring (bicyclic) bond motifs is 1. The minimum Gasteiger partial charge on any atom is -0.393 e. The third-order valence-electron chi connectivity index (χ3n) is 10.2. The number of para-hydroxylation sites is 1. The van der Waals surface area contributed by atoms with Crippen LogP contribution in [-0.2, 0) is 0 Å². The van der Waals surface area contributed by atoms with Crippen molar-refractivity contribution in [3.05, 3.63) is 48.2 Å². The van der Waals surface area contributed by atoms with Crippen molar-refractivity contribution >= 4 is 10.9 Å². The Bertz CT molecular complexity index is 958. The van der Waals surface area contributed by atoms with Crippen molar-refractivity contribution in [1.82, 2.24) is 4.98 Å². The quantitative estimate of drug-likeness (QED) is 0.515. The van der Waals surface area contributed by atoms with Gasteiger partial charge in [-0.15, -0.1) is 0 Å². The number of hydrogen-bond donors (Lipinski definition) is 2. The van der Waals surface area contributed by atoms with E-state index in [9.17, 15) is 5.11 Å². The number of aliphatic hydroxyl groups is 1. The lowest BCUT2D eigenvalue weighted by molar-refractivity contribution is -0.228. The van der Waals surface area contributed by atoms with E-state index in [4.69, 9.17) is 0 Å². The van der Waals surface area contributed by atoms with E-state index in [1.54, 1.807) is 0 Å². The number of H-pyrrole nitrogens is 1. The Morgan fingerprint density at radius 3 is 2.63 bits per heavy atom.